The van der Waals surface area contributed by atoms with Crippen molar-refractivity contribution in [1.82, 2.24) is 15.0 Å². The summed E-state index contributed by atoms with van der Waals surface area (Å²) in [5.41, 5.74) is 3.06. The summed E-state index contributed by atoms with van der Waals surface area (Å²) in [4.78, 5) is 13.4. The van der Waals surface area contributed by atoms with Crippen molar-refractivity contribution in [3.63, 3.8) is 0 Å². The largest absolute Gasteiger partial charge is 0.354 e. The molecule has 1 fully saturated rings. The highest BCUT2D eigenvalue weighted by atomic mass is 35.5. The maximum atomic E-state index is 6.27. The summed E-state index contributed by atoms with van der Waals surface area (Å²) in [6, 6.07) is 0. The predicted molar refractivity (Wildman–Crippen MR) is 102 cm³/mol. The molecule has 1 spiro atoms. The van der Waals surface area contributed by atoms with Gasteiger partial charge in [0.25, 0.3) is 0 Å². The zero-order chi connectivity index (χ0) is 18.0. The molecule has 6 nitrogen and oxygen atoms in total. The fourth-order valence-corrected chi connectivity index (χ4v) is 3.69. The average molecular weight is 375 g/mol. The molecule has 1 aliphatic carbocycles. The number of allylic oxidation sites excluding steroid dienone is 1. The summed E-state index contributed by atoms with van der Waals surface area (Å²) < 4.78 is 11.6. The van der Waals surface area contributed by atoms with E-state index in [1.54, 1.807) is 6.20 Å². The Kier molecular flexibility index (Phi) is 5.07. The van der Waals surface area contributed by atoms with Crippen molar-refractivity contribution >= 4 is 34.0 Å². The maximum Gasteiger partial charge on any atom is 0.223 e. The van der Waals surface area contributed by atoms with Crippen LogP contribution < -0.4 is 5.32 Å². The highest BCUT2D eigenvalue weighted by molar-refractivity contribution is 6.34. The van der Waals surface area contributed by atoms with Crippen LogP contribution in [0.15, 0.2) is 18.5 Å². The lowest BCUT2D eigenvalue weighted by Gasteiger charge is -2.30. The summed E-state index contributed by atoms with van der Waals surface area (Å²) in [6.07, 6.45) is 10.4. The molecule has 1 aliphatic heterocycles. The molecule has 2 aromatic rings. The number of aromatic nitrogens is 3. The maximum absolute atomic E-state index is 6.27. The zero-order valence-electron chi connectivity index (χ0n) is 14.9. The molecule has 3 heterocycles. The molecule has 0 aromatic carbocycles. The van der Waals surface area contributed by atoms with Gasteiger partial charge in [0.1, 0.15) is 5.15 Å². The second-order valence-electron chi connectivity index (χ2n) is 6.74. The van der Waals surface area contributed by atoms with E-state index in [2.05, 4.69) is 28.3 Å². The fraction of sp³-hybridized carbons (Fsp3) is 0.526. The zero-order valence-corrected chi connectivity index (χ0v) is 15.7. The first-order valence-corrected chi connectivity index (χ1v) is 9.61. The average Bonchev–Trinajstić information content (AvgIpc) is 3.11. The second-order valence-corrected chi connectivity index (χ2v) is 7.10. The first-order chi connectivity index (χ1) is 12.7. The van der Waals surface area contributed by atoms with Gasteiger partial charge < -0.3 is 14.8 Å². The summed E-state index contributed by atoms with van der Waals surface area (Å²) in [7, 11) is 0. The van der Waals surface area contributed by atoms with E-state index in [9.17, 15) is 0 Å². The number of ether oxygens (including phenoxy) is 2. The third-order valence-corrected chi connectivity index (χ3v) is 5.28. The standard InChI is InChI=1S/C19H23ClN4O2/c1-2-3-8-21-18-23-12-15-16(24-18)14(11-22-17(15)20)13-4-6-19(7-5-13)25-9-10-26-19/h4,11-12H,2-3,5-10H2,1H3,(H,21,23,24). The number of pyridine rings is 1. The Labute approximate surface area is 158 Å². The minimum Gasteiger partial charge on any atom is -0.354 e. The van der Waals surface area contributed by atoms with E-state index >= 15 is 0 Å². The molecular formula is C19H23ClN4O2. The first-order valence-electron chi connectivity index (χ1n) is 9.23. The van der Waals surface area contributed by atoms with Gasteiger partial charge in [0, 0.05) is 37.3 Å². The number of fused-ring (bicyclic) bond motifs is 1. The van der Waals surface area contributed by atoms with Crippen molar-refractivity contribution < 1.29 is 9.47 Å². The predicted octanol–water partition coefficient (Wildman–Crippen LogP) is 4.20. The lowest BCUT2D eigenvalue weighted by atomic mass is 9.90. The van der Waals surface area contributed by atoms with E-state index in [1.807, 2.05) is 6.20 Å². The molecule has 0 bridgehead atoms. The Bertz CT molecular complexity index is 834. The van der Waals surface area contributed by atoms with Crippen molar-refractivity contribution in [2.75, 3.05) is 25.1 Å². The van der Waals surface area contributed by atoms with E-state index in [4.69, 9.17) is 26.1 Å². The van der Waals surface area contributed by atoms with Gasteiger partial charge >= 0.3 is 0 Å². The van der Waals surface area contributed by atoms with Crippen molar-refractivity contribution in [2.45, 2.75) is 44.8 Å². The smallest absolute Gasteiger partial charge is 0.223 e. The number of halogens is 1. The van der Waals surface area contributed by atoms with Crippen LogP contribution in [0, 0.1) is 0 Å². The first kappa shape index (κ1) is 17.6. The molecule has 0 radical (unpaired) electrons. The van der Waals surface area contributed by atoms with Crippen LogP contribution >= 0.6 is 11.6 Å². The van der Waals surface area contributed by atoms with Gasteiger partial charge in [0.2, 0.25) is 5.95 Å². The second kappa shape index (κ2) is 7.47. The molecule has 0 saturated carbocycles. The van der Waals surface area contributed by atoms with Crippen molar-refractivity contribution in [1.29, 1.82) is 0 Å². The molecule has 7 heteroatoms. The number of rotatable bonds is 5. The summed E-state index contributed by atoms with van der Waals surface area (Å²) >= 11 is 6.27. The van der Waals surface area contributed by atoms with E-state index in [1.165, 1.54) is 5.57 Å². The van der Waals surface area contributed by atoms with Gasteiger partial charge in [0.05, 0.1) is 24.1 Å². The van der Waals surface area contributed by atoms with Crippen LogP contribution in [0.2, 0.25) is 5.15 Å². The molecule has 2 aliphatic rings. The van der Waals surface area contributed by atoms with Gasteiger partial charge in [-0.15, -0.1) is 0 Å². The number of hydrogen-bond acceptors (Lipinski definition) is 6. The van der Waals surface area contributed by atoms with Crippen LogP contribution in [-0.4, -0.2) is 40.5 Å². The normalized spacial score (nSPS) is 19.1. The molecule has 0 amide bonds. The number of unbranched alkanes of at least 4 members (excludes halogenated alkanes) is 1. The number of hydrogen-bond donors (Lipinski definition) is 1. The topological polar surface area (TPSA) is 69.2 Å². The minimum absolute atomic E-state index is 0.430. The molecule has 26 heavy (non-hydrogen) atoms. The molecule has 138 valence electrons. The highest BCUT2D eigenvalue weighted by Crippen LogP contribution is 2.40. The fourth-order valence-electron chi connectivity index (χ4n) is 3.50. The van der Waals surface area contributed by atoms with Gasteiger partial charge in [-0.1, -0.05) is 31.0 Å². The Hall–Kier alpha value is -1.76. The van der Waals surface area contributed by atoms with Crippen molar-refractivity contribution in [2.24, 2.45) is 0 Å². The molecule has 2 aromatic heterocycles. The SMILES string of the molecule is CCCCNc1ncc2c(Cl)ncc(C3=CCC4(CC3)OCCO4)c2n1. The molecule has 0 atom stereocenters. The van der Waals surface area contributed by atoms with Gasteiger partial charge in [-0.2, -0.15) is 0 Å². The summed E-state index contributed by atoms with van der Waals surface area (Å²) in [5.74, 6) is 0.200. The Morgan fingerprint density at radius 2 is 2.08 bits per heavy atom. The third kappa shape index (κ3) is 3.41. The van der Waals surface area contributed by atoms with Crippen LogP contribution in [0.1, 0.15) is 44.6 Å². The number of anilines is 1. The van der Waals surface area contributed by atoms with Gasteiger partial charge in [0.15, 0.2) is 5.79 Å². The van der Waals surface area contributed by atoms with E-state index in [-0.39, 0.29) is 0 Å². The molecule has 0 unspecified atom stereocenters. The van der Waals surface area contributed by atoms with Crippen LogP contribution in [0.4, 0.5) is 5.95 Å². The number of nitrogens with one attached hydrogen (secondary N) is 1. The molecule has 1 N–H and O–H groups in total. The van der Waals surface area contributed by atoms with Gasteiger partial charge in [-0.25, -0.2) is 15.0 Å². The van der Waals surface area contributed by atoms with E-state index < -0.39 is 5.79 Å². The lowest BCUT2D eigenvalue weighted by Crippen LogP contribution is -2.31. The Morgan fingerprint density at radius 3 is 2.81 bits per heavy atom. The molecular weight excluding hydrogens is 352 g/mol. The minimum atomic E-state index is -0.430. The van der Waals surface area contributed by atoms with Crippen LogP contribution in [0.3, 0.4) is 0 Å². The van der Waals surface area contributed by atoms with Crippen molar-refractivity contribution in [3.8, 4) is 0 Å². The quantitative estimate of drug-likeness (QED) is 0.624. The van der Waals surface area contributed by atoms with Gasteiger partial charge in [-0.3, -0.25) is 0 Å². The third-order valence-electron chi connectivity index (χ3n) is 4.98. The molecule has 4 rings (SSSR count). The lowest BCUT2D eigenvalue weighted by molar-refractivity contribution is -0.159. The van der Waals surface area contributed by atoms with E-state index in [0.717, 1.165) is 55.1 Å². The van der Waals surface area contributed by atoms with Crippen LogP contribution in [0.25, 0.3) is 16.5 Å². The van der Waals surface area contributed by atoms with E-state index in [0.29, 0.717) is 24.3 Å². The van der Waals surface area contributed by atoms with Gasteiger partial charge in [-0.05, 0) is 18.4 Å². The highest BCUT2D eigenvalue weighted by Gasteiger charge is 2.38. The Morgan fingerprint density at radius 1 is 1.23 bits per heavy atom. The summed E-state index contributed by atoms with van der Waals surface area (Å²) in [5, 5.41) is 4.49. The number of nitrogens with zero attached hydrogens (tertiary/aromatic N) is 3. The monoisotopic (exact) mass is 374 g/mol. The van der Waals surface area contributed by atoms with Crippen molar-refractivity contribution in [3.05, 3.63) is 29.2 Å². The van der Waals surface area contributed by atoms with Crippen LogP contribution in [0.5, 0.6) is 0 Å². The summed E-state index contributed by atoms with van der Waals surface area (Å²) in [6.45, 7) is 4.37. The molecule has 1 saturated heterocycles. The Balaban J connectivity index is 1.66. The van der Waals surface area contributed by atoms with Crippen LogP contribution in [-0.2, 0) is 9.47 Å².